The van der Waals surface area contributed by atoms with Gasteiger partial charge in [0.15, 0.2) is 0 Å². The fourth-order valence-electron chi connectivity index (χ4n) is 4.27. The Balaban J connectivity index is 1.64. The molecule has 8 heteroatoms. The van der Waals surface area contributed by atoms with Crippen LogP contribution in [0, 0.1) is 0 Å². The quantitative estimate of drug-likeness (QED) is 0.312. The highest BCUT2D eigenvalue weighted by Crippen LogP contribution is 2.38. The zero-order valence-electron chi connectivity index (χ0n) is 20.2. The molecule has 2 N–H and O–H groups in total. The highest BCUT2D eigenvalue weighted by atomic mass is 16.5. The number of benzene rings is 3. The van der Waals surface area contributed by atoms with Crippen molar-refractivity contribution in [3.05, 3.63) is 95.3 Å². The molecular formula is C28H25N5O3. The van der Waals surface area contributed by atoms with Gasteiger partial charge in [-0.2, -0.15) is 0 Å². The number of esters is 1. The van der Waals surface area contributed by atoms with Crippen LogP contribution in [0.15, 0.2) is 73.1 Å². The molecule has 2 heterocycles. The molecule has 36 heavy (non-hydrogen) atoms. The molecule has 1 amide bonds. The summed E-state index contributed by atoms with van der Waals surface area (Å²) in [4.78, 5) is 36.2. The van der Waals surface area contributed by atoms with E-state index in [1.165, 1.54) is 12.7 Å². The first-order chi connectivity index (χ1) is 17.4. The minimum Gasteiger partial charge on any atom is -0.465 e. The lowest BCUT2D eigenvalue weighted by Crippen LogP contribution is -2.11. The Morgan fingerprint density at radius 1 is 0.944 bits per heavy atom. The van der Waals surface area contributed by atoms with Crippen LogP contribution in [0.1, 0.15) is 27.0 Å². The van der Waals surface area contributed by atoms with E-state index < -0.39 is 5.97 Å². The predicted molar refractivity (Wildman–Crippen MR) is 140 cm³/mol. The number of carbonyl (C=O) groups excluding carboxylic acids is 2. The molecule has 0 atom stereocenters. The van der Waals surface area contributed by atoms with Crippen molar-refractivity contribution in [2.24, 2.45) is 0 Å². The fourth-order valence-corrected chi connectivity index (χ4v) is 4.27. The maximum Gasteiger partial charge on any atom is 0.337 e. The molecule has 0 bridgehead atoms. The number of nitrogens with zero attached hydrogens (tertiary/aromatic N) is 3. The standard InChI is InChI=1S/C28H25N5O3/c1-33(2)16-17-4-8-20(9-5-17)31-26(18-7-11-22-24(14-18)30-13-12-29-22)25-21-10-6-19(28(35)36-3)15-23(21)32-27(25)34/h4-15,31H,16H2,1-3H3,(H,32,34)/b26-25-. The molecule has 1 aliphatic heterocycles. The van der Waals surface area contributed by atoms with Crippen LogP contribution in [0.2, 0.25) is 0 Å². The Labute approximate surface area is 208 Å². The SMILES string of the molecule is COC(=O)c1ccc2c(c1)NC(=O)/C2=C(\Nc1ccc(CN(C)C)cc1)c1ccc2nccnc2c1. The molecule has 4 aromatic rings. The van der Waals surface area contributed by atoms with E-state index in [9.17, 15) is 9.59 Å². The maximum atomic E-state index is 13.3. The van der Waals surface area contributed by atoms with Gasteiger partial charge in [0.05, 0.1) is 40.7 Å². The molecule has 1 aliphatic rings. The van der Waals surface area contributed by atoms with Crippen molar-refractivity contribution in [1.82, 2.24) is 14.9 Å². The van der Waals surface area contributed by atoms with E-state index in [0.717, 1.165) is 28.8 Å². The topological polar surface area (TPSA) is 96.4 Å². The first-order valence-corrected chi connectivity index (χ1v) is 11.4. The summed E-state index contributed by atoms with van der Waals surface area (Å²) in [7, 11) is 5.38. The van der Waals surface area contributed by atoms with Crippen LogP contribution in [0.4, 0.5) is 11.4 Å². The van der Waals surface area contributed by atoms with Crippen molar-refractivity contribution in [3.8, 4) is 0 Å². The number of rotatable bonds is 6. The van der Waals surface area contributed by atoms with E-state index >= 15 is 0 Å². The highest BCUT2D eigenvalue weighted by molar-refractivity contribution is 6.37. The van der Waals surface area contributed by atoms with Crippen molar-refractivity contribution in [2.75, 3.05) is 31.8 Å². The molecule has 8 nitrogen and oxygen atoms in total. The molecule has 0 unspecified atom stereocenters. The molecule has 0 aliphatic carbocycles. The van der Waals surface area contributed by atoms with Gasteiger partial charge in [-0.3, -0.25) is 14.8 Å². The summed E-state index contributed by atoms with van der Waals surface area (Å²) in [5.41, 5.74) is 7.00. The summed E-state index contributed by atoms with van der Waals surface area (Å²) in [6.07, 6.45) is 3.29. The summed E-state index contributed by atoms with van der Waals surface area (Å²) < 4.78 is 4.83. The smallest absolute Gasteiger partial charge is 0.337 e. The van der Waals surface area contributed by atoms with Crippen LogP contribution < -0.4 is 10.6 Å². The molecule has 0 saturated heterocycles. The molecule has 0 radical (unpaired) electrons. The number of amides is 1. The number of aromatic nitrogens is 2. The second-order valence-electron chi connectivity index (χ2n) is 8.78. The van der Waals surface area contributed by atoms with Crippen molar-refractivity contribution in [1.29, 1.82) is 0 Å². The minimum atomic E-state index is -0.464. The molecule has 0 saturated carbocycles. The number of ether oxygens (including phenoxy) is 1. The van der Waals surface area contributed by atoms with Crippen LogP contribution in [-0.4, -0.2) is 47.9 Å². The monoisotopic (exact) mass is 479 g/mol. The Hall–Kier alpha value is -4.56. The third kappa shape index (κ3) is 4.54. The van der Waals surface area contributed by atoms with Crippen LogP contribution >= 0.6 is 0 Å². The summed E-state index contributed by atoms with van der Waals surface area (Å²) >= 11 is 0. The number of fused-ring (bicyclic) bond motifs is 2. The molecular weight excluding hydrogens is 454 g/mol. The predicted octanol–water partition coefficient (Wildman–Crippen LogP) is 4.41. The Morgan fingerprint density at radius 3 is 2.39 bits per heavy atom. The largest absolute Gasteiger partial charge is 0.465 e. The van der Waals surface area contributed by atoms with Crippen molar-refractivity contribution in [2.45, 2.75) is 6.54 Å². The fraction of sp³-hybridized carbons (Fsp3) is 0.143. The van der Waals surface area contributed by atoms with E-state index in [1.54, 1.807) is 30.6 Å². The molecule has 0 spiro atoms. The van der Waals surface area contributed by atoms with E-state index in [4.69, 9.17) is 4.74 Å². The number of methoxy groups -OCH3 is 1. The van der Waals surface area contributed by atoms with Crippen LogP contribution in [0.3, 0.4) is 0 Å². The van der Waals surface area contributed by atoms with Gasteiger partial charge in [-0.1, -0.05) is 24.3 Å². The molecule has 1 aromatic heterocycles. The van der Waals surface area contributed by atoms with Gasteiger partial charge < -0.3 is 20.3 Å². The van der Waals surface area contributed by atoms with Gasteiger partial charge in [0.2, 0.25) is 0 Å². The van der Waals surface area contributed by atoms with E-state index in [-0.39, 0.29) is 5.91 Å². The molecule has 5 rings (SSSR count). The lowest BCUT2D eigenvalue weighted by Gasteiger charge is -2.16. The third-order valence-corrected chi connectivity index (χ3v) is 5.92. The van der Waals surface area contributed by atoms with Gasteiger partial charge in [0, 0.05) is 35.8 Å². The van der Waals surface area contributed by atoms with E-state index in [1.807, 2.05) is 44.4 Å². The zero-order chi connectivity index (χ0) is 25.2. The van der Waals surface area contributed by atoms with Gasteiger partial charge in [-0.15, -0.1) is 0 Å². The Kier molecular flexibility index (Phi) is 6.18. The maximum absolute atomic E-state index is 13.3. The molecule has 3 aromatic carbocycles. The van der Waals surface area contributed by atoms with Gasteiger partial charge in [-0.05, 0) is 56.1 Å². The lowest BCUT2D eigenvalue weighted by molar-refractivity contribution is -0.110. The van der Waals surface area contributed by atoms with Crippen molar-refractivity contribution in [3.63, 3.8) is 0 Å². The Morgan fingerprint density at radius 2 is 1.67 bits per heavy atom. The summed E-state index contributed by atoms with van der Waals surface area (Å²) in [5, 5.41) is 6.36. The minimum absolute atomic E-state index is 0.266. The van der Waals surface area contributed by atoms with Gasteiger partial charge in [-0.25, -0.2) is 4.79 Å². The normalized spacial score (nSPS) is 13.9. The Bertz CT molecular complexity index is 1510. The highest BCUT2D eigenvalue weighted by Gasteiger charge is 2.29. The second-order valence-corrected chi connectivity index (χ2v) is 8.78. The second kappa shape index (κ2) is 9.59. The van der Waals surface area contributed by atoms with Crippen LogP contribution in [0.5, 0.6) is 0 Å². The zero-order valence-corrected chi connectivity index (χ0v) is 20.2. The lowest BCUT2D eigenvalue weighted by atomic mass is 9.98. The first kappa shape index (κ1) is 23.2. The molecule has 180 valence electrons. The number of carbonyl (C=O) groups is 2. The van der Waals surface area contributed by atoms with Gasteiger partial charge in [0.25, 0.3) is 5.91 Å². The van der Waals surface area contributed by atoms with Crippen molar-refractivity contribution < 1.29 is 14.3 Å². The average molecular weight is 480 g/mol. The van der Waals surface area contributed by atoms with Crippen molar-refractivity contribution >= 4 is 45.6 Å². The van der Waals surface area contributed by atoms with Crippen LogP contribution in [0.25, 0.3) is 22.3 Å². The summed E-state index contributed by atoms with van der Waals surface area (Å²) in [6, 6.07) is 18.9. The first-order valence-electron chi connectivity index (χ1n) is 11.4. The van der Waals surface area contributed by atoms with E-state index in [2.05, 4.69) is 37.6 Å². The van der Waals surface area contributed by atoms with E-state index in [0.29, 0.717) is 28.1 Å². The van der Waals surface area contributed by atoms with Gasteiger partial charge in [0.1, 0.15) is 0 Å². The summed E-state index contributed by atoms with van der Waals surface area (Å²) in [6.45, 7) is 0.829. The molecule has 0 fully saturated rings. The number of anilines is 2. The summed E-state index contributed by atoms with van der Waals surface area (Å²) in [5.74, 6) is -0.730. The third-order valence-electron chi connectivity index (χ3n) is 5.92. The number of nitrogens with one attached hydrogen (secondary N) is 2. The van der Waals surface area contributed by atoms with Crippen LogP contribution in [-0.2, 0) is 16.1 Å². The average Bonchev–Trinajstić information content (AvgIpc) is 3.21. The number of hydrogen-bond acceptors (Lipinski definition) is 7. The van der Waals surface area contributed by atoms with Gasteiger partial charge >= 0.3 is 5.97 Å². The number of hydrogen-bond donors (Lipinski definition) is 2.